The van der Waals surface area contributed by atoms with E-state index < -0.39 is 22.2 Å². The molecule has 8 nitrogen and oxygen atoms in total. The van der Waals surface area contributed by atoms with Gasteiger partial charge in [-0.25, -0.2) is 0 Å². The van der Waals surface area contributed by atoms with E-state index in [0.29, 0.717) is 28.2 Å². The van der Waals surface area contributed by atoms with Gasteiger partial charge >= 0.3 is 5.97 Å². The molecule has 0 aromatic heterocycles. The van der Waals surface area contributed by atoms with Crippen LogP contribution < -0.4 is 14.2 Å². The second-order valence-electron chi connectivity index (χ2n) is 7.43. The topological polar surface area (TPSA) is 105 Å². The second-order valence-corrected chi connectivity index (χ2v) is 8.88. The zero-order valence-electron chi connectivity index (χ0n) is 16.1. The van der Waals surface area contributed by atoms with Crippen molar-refractivity contribution in [3.63, 3.8) is 0 Å². The van der Waals surface area contributed by atoms with E-state index in [1.165, 1.54) is 0 Å². The van der Waals surface area contributed by atoms with Crippen molar-refractivity contribution in [2.75, 3.05) is 32.4 Å². The first-order valence-corrected chi connectivity index (χ1v) is 10.2. The summed E-state index contributed by atoms with van der Waals surface area (Å²) in [6.45, 7) is 0.324. The Balaban J connectivity index is 2.09. The van der Waals surface area contributed by atoms with Gasteiger partial charge in [-0.1, -0.05) is 24.3 Å². The minimum atomic E-state index is -3.97. The lowest BCUT2D eigenvalue weighted by atomic mass is 10.2. The smallest absolute Gasteiger partial charge is 0.305 e. The number of rotatable bonds is 10. The lowest BCUT2D eigenvalue weighted by molar-refractivity contribution is -0.871. The molecule has 2 rings (SSSR count). The summed E-state index contributed by atoms with van der Waals surface area (Å²) < 4.78 is 35.9. The van der Waals surface area contributed by atoms with Gasteiger partial charge in [-0.05, 0) is 24.3 Å². The van der Waals surface area contributed by atoms with Crippen molar-refractivity contribution in [3.8, 4) is 11.5 Å². The number of hydrogen-bond acceptors (Lipinski definition) is 4. The standard InChI is InChI=1S/C19H25N3O5S/c1-22(2,3)14-16(13-19(23)24)21-28(25,26)20-15-8-7-11-18(12-15)27-17-9-5-4-6-10-17/h4-12,16,20-21H,13-14H2,1-3H3/p+1. The highest BCUT2D eigenvalue weighted by atomic mass is 32.2. The van der Waals surface area contributed by atoms with Gasteiger partial charge in [-0.2, -0.15) is 13.1 Å². The number of nitrogens with one attached hydrogen (secondary N) is 2. The summed E-state index contributed by atoms with van der Waals surface area (Å²) in [5, 5.41) is 9.07. The van der Waals surface area contributed by atoms with Gasteiger partial charge in [0.2, 0.25) is 0 Å². The Morgan fingerprint density at radius 2 is 1.71 bits per heavy atom. The minimum absolute atomic E-state index is 0.306. The summed E-state index contributed by atoms with van der Waals surface area (Å²) in [4.78, 5) is 11.1. The van der Waals surface area contributed by atoms with E-state index >= 15 is 0 Å². The number of hydrogen-bond donors (Lipinski definition) is 3. The summed E-state index contributed by atoms with van der Waals surface area (Å²) >= 11 is 0. The van der Waals surface area contributed by atoms with Crippen LogP contribution in [0.3, 0.4) is 0 Å². The molecule has 0 fully saturated rings. The largest absolute Gasteiger partial charge is 0.481 e. The molecule has 2 aromatic carbocycles. The molecule has 1 unspecified atom stereocenters. The van der Waals surface area contributed by atoms with Crippen LogP contribution in [-0.2, 0) is 15.0 Å². The normalized spacial score (nSPS) is 13.0. The van der Waals surface area contributed by atoms with Gasteiger partial charge < -0.3 is 14.3 Å². The van der Waals surface area contributed by atoms with Crippen LogP contribution in [0.5, 0.6) is 11.5 Å². The average molecular weight is 409 g/mol. The zero-order valence-corrected chi connectivity index (χ0v) is 16.9. The Kier molecular flexibility index (Phi) is 7.00. The first-order chi connectivity index (χ1) is 13.0. The Morgan fingerprint density at radius 3 is 2.32 bits per heavy atom. The molecule has 28 heavy (non-hydrogen) atoms. The monoisotopic (exact) mass is 408 g/mol. The molecule has 3 N–H and O–H groups in total. The van der Waals surface area contributed by atoms with Gasteiger partial charge in [0, 0.05) is 6.07 Å². The predicted octanol–water partition coefficient (Wildman–Crippen LogP) is 2.27. The molecule has 9 heteroatoms. The fraction of sp³-hybridized carbons (Fsp3) is 0.316. The van der Waals surface area contributed by atoms with Crippen LogP contribution in [0.25, 0.3) is 0 Å². The SMILES string of the molecule is C[N+](C)(C)CC(CC(=O)O)NS(=O)(=O)Nc1cccc(Oc2ccccc2)c1. The highest BCUT2D eigenvalue weighted by Crippen LogP contribution is 2.24. The fourth-order valence-corrected chi connectivity index (χ4v) is 3.76. The summed E-state index contributed by atoms with van der Waals surface area (Å²) in [5.74, 6) is 0.0318. The summed E-state index contributed by atoms with van der Waals surface area (Å²) in [5.41, 5.74) is 0.306. The number of quaternary nitrogens is 1. The Morgan fingerprint density at radius 1 is 1.07 bits per heavy atom. The lowest BCUT2D eigenvalue weighted by Crippen LogP contribution is -2.50. The molecule has 0 aliphatic heterocycles. The molecule has 1 atom stereocenters. The van der Waals surface area contributed by atoms with Crippen molar-refractivity contribution in [1.82, 2.24) is 4.72 Å². The van der Waals surface area contributed by atoms with Crippen molar-refractivity contribution in [1.29, 1.82) is 0 Å². The number of carboxylic acids is 1. The van der Waals surface area contributed by atoms with Gasteiger partial charge in [-0.3, -0.25) is 9.52 Å². The van der Waals surface area contributed by atoms with E-state index in [0.717, 1.165) is 0 Å². The fourth-order valence-electron chi connectivity index (χ4n) is 2.67. The van der Waals surface area contributed by atoms with Gasteiger partial charge in [0.25, 0.3) is 10.2 Å². The number of carbonyl (C=O) groups is 1. The lowest BCUT2D eigenvalue weighted by Gasteiger charge is -2.29. The molecule has 0 heterocycles. The Bertz CT molecular complexity index is 895. The molecule has 0 saturated heterocycles. The predicted molar refractivity (Wildman–Crippen MR) is 108 cm³/mol. The molecule has 0 saturated carbocycles. The molecule has 0 bridgehead atoms. The van der Waals surface area contributed by atoms with Gasteiger partial charge in [-0.15, -0.1) is 0 Å². The van der Waals surface area contributed by atoms with E-state index in [9.17, 15) is 13.2 Å². The quantitative estimate of drug-likeness (QED) is 0.523. The van der Waals surface area contributed by atoms with Crippen LogP contribution in [0.15, 0.2) is 54.6 Å². The second kappa shape index (κ2) is 9.05. The number of ether oxygens (including phenoxy) is 1. The van der Waals surface area contributed by atoms with E-state index in [1.54, 1.807) is 36.4 Å². The third-order valence-electron chi connectivity index (χ3n) is 3.58. The maximum Gasteiger partial charge on any atom is 0.305 e. The number of carboxylic acid groups (broad SMARTS) is 1. The highest BCUT2D eigenvalue weighted by molar-refractivity contribution is 7.90. The van der Waals surface area contributed by atoms with E-state index in [1.807, 2.05) is 39.3 Å². The van der Waals surface area contributed by atoms with Crippen molar-refractivity contribution < 1.29 is 27.5 Å². The number of para-hydroxylation sites is 1. The average Bonchev–Trinajstić information content (AvgIpc) is 2.52. The van der Waals surface area contributed by atoms with Crippen LogP contribution in [0.4, 0.5) is 5.69 Å². The molecular formula is C19H26N3O5S+. The van der Waals surface area contributed by atoms with Crippen molar-refractivity contribution in [2.45, 2.75) is 12.5 Å². The molecule has 0 amide bonds. The van der Waals surface area contributed by atoms with Crippen molar-refractivity contribution >= 4 is 21.9 Å². The number of nitrogens with zero attached hydrogens (tertiary/aromatic N) is 1. The highest BCUT2D eigenvalue weighted by Gasteiger charge is 2.26. The molecule has 0 aliphatic rings. The van der Waals surface area contributed by atoms with Crippen LogP contribution in [0.1, 0.15) is 6.42 Å². The Labute approximate surface area is 165 Å². The van der Waals surface area contributed by atoms with E-state index in [-0.39, 0.29) is 6.42 Å². The summed E-state index contributed by atoms with van der Waals surface area (Å²) in [7, 11) is 1.62. The number of likely N-dealkylation sites (N-methyl/N-ethyl adjacent to an activating group) is 1. The number of anilines is 1. The summed E-state index contributed by atoms with van der Waals surface area (Å²) in [6.07, 6.45) is -0.312. The first kappa shape index (κ1) is 21.7. The molecule has 152 valence electrons. The maximum absolute atomic E-state index is 12.5. The van der Waals surface area contributed by atoms with Crippen LogP contribution in [0, 0.1) is 0 Å². The van der Waals surface area contributed by atoms with E-state index in [4.69, 9.17) is 9.84 Å². The van der Waals surface area contributed by atoms with Crippen LogP contribution in [-0.4, -0.2) is 57.7 Å². The first-order valence-electron chi connectivity index (χ1n) is 8.68. The molecular weight excluding hydrogens is 382 g/mol. The molecule has 0 spiro atoms. The maximum atomic E-state index is 12.5. The van der Waals surface area contributed by atoms with Gasteiger partial charge in [0.05, 0.1) is 45.8 Å². The number of aliphatic carboxylic acids is 1. The third kappa shape index (κ3) is 7.95. The summed E-state index contributed by atoms with van der Waals surface area (Å²) in [6, 6.07) is 14.9. The van der Waals surface area contributed by atoms with E-state index in [2.05, 4.69) is 9.44 Å². The third-order valence-corrected chi connectivity index (χ3v) is 4.72. The zero-order chi connectivity index (χ0) is 20.8. The van der Waals surface area contributed by atoms with Crippen molar-refractivity contribution in [2.24, 2.45) is 0 Å². The van der Waals surface area contributed by atoms with Crippen LogP contribution >= 0.6 is 0 Å². The molecule has 0 radical (unpaired) electrons. The minimum Gasteiger partial charge on any atom is -0.481 e. The van der Waals surface area contributed by atoms with Crippen molar-refractivity contribution in [3.05, 3.63) is 54.6 Å². The molecule has 2 aromatic rings. The number of benzene rings is 2. The van der Waals surface area contributed by atoms with Gasteiger partial charge in [0.15, 0.2) is 0 Å². The molecule has 0 aliphatic carbocycles. The van der Waals surface area contributed by atoms with Crippen LogP contribution in [0.2, 0.25) is 0 Å². The van der Waals surface area contributed by atoms with Gasteiger partial charge in [0.1, 0.15) is 11.5 Å². The Hall–Kier alpha value is -2.62.